The third kappa shape index (κ3) is 3.92. The molecular formula is C17H27NOS. The van der Waals surface area contributed by atoms with E-state index in [-0.39, 0.29) is 0 Å². The molecule has 3 heteroatoms. The molecule has 0 amide bonds. The molecule has 1 saturated heterocycles. The molecule has 0 radical (unpaired) electrons. The molecule has 0 bridgehead atoms. The second-order valence-electron chi connectivity index (χ2n) is 6.46. The molecule has 1 aliphatic heterocycles. The van der Waals surface area contributed by atoms with E-state index < -0.39 is 0 Å². The normalized spacial score (nSPS) is 21.1. The van der Waals surface area contributed by atoms with Crippen LogP contribution in [0.4, 0.5) is 0 Å². The van der Waals surface area contributed by atoms with Gasteiger partial charge in [-0.1, -0.05) is 13.8 Å². The molecule has 0 spiro atoms. The SMILES string of the molecule is Cc1cc(C(=O)CN2CCCC(C(C)C)CC2)c(C)s1. The van der Waals surface area contributed by atoms with Gasteiger partial charge < -0.3 is 0 Å². The zero-order valence-corrected chi connectivity index (χ0v) is 14.1. The topological polar surface area (TPSA) is 20.3 Å². The molecule has 2 heterocycles. The number of rotatable bonds is 4. The lowest BCUT2D eigenvalue weighted by atomic mass is 9.89. The Hall–Kier alpha value is -0.670. The van der Waals surface area contributed by atoms with E-state index in [1.165, 1.54) is 29.0 Å². The van der Waals surface area contributed by atoms with E-state index >= 15 is 0 Å². The maximum Gasteiger partial charge on any atom is 0.177 e. The first-order chi connectivity index (χ1) is 9.47. The minimum atomic E-state index is 0.301. The highest BCUT2D eigenvalue weighted by molar-refractivity contribution is 7.12. The molecule has 1 aromatic rings. The van der Waals surface area contributed by atoms with Crippen LogP contribution in [0, 0.1) is 25.7 Å². The monoisotopic (exact) mass is 293 g/mol. The van der Waals surface area contributed by atoms with E-state index in [0.29, 0.717) is 12.3 Å². The molecule has 0 saturated carbocycles. The highest BCUT2D eigenvalue weighted by Crippen LogP contribution is 2.25. The lowest BCUT2D eigenvalue weighted by Crippen LogP contribution is -2.31. The van der Waals surface area contributed by atoms with Crippen LogP contribution in [-0.2, 0) is 0 Å². The van der Waals surface area contributed by atoms with Gasteiger partial charge in [-0.25, -0.2) is 0 Å². The van der Waals surface area contributed by atoms with Gasteiger partial charge in [0.05, 0.1) is 6.54 Å². The molecule has 1 atom stereocenters. The van der Waals surface area contributed by atoms with Gasteiger partial charge in [0, 0.05) is 15.3 Å². The summed E-state index contributed by atoms with van der Waals surface area (Å²) in [5, 5.41) is 0. The summed E-state index contributed by atoms with van der Waals surface area (Å²) in [7, 11) is 0. The number of carbonyl (C=O) groups excluding carboxylic acids is 1. The van der Waals surface area contributed by atoms with Crippen LogP contribution in [0.5, 0.6) is 0 Å². The zero-order valence-electron chi connectivity index (χ0n) is 13.2. The van der Waals surface area contributed by atoms with Crippen molar-refractivity contribution < 1.29 is 4.79 Å². The molecule has 112 valence electrons. The molecule has 1 aliphatic rings. The van der Waals surface area contributed by atoms with Crippen molar-refractivity contribution >= 4 is 17.1 Å². The minimum Gasteiger partial charge on any atom is -0.296 e. The fraction of sp³-hybridized carbons (Fsp3) is 0.706. The smallest absolute Gasteiger partial charge is 0.177 e. The summed E-state index contributed by atoms with van der Waals surface area (Å²) in [5.41, 5.74) is 0.942. The number of likely N-dealkylation sites (tertiary alicyclic amines) is 1. The van der Waals surface area contributed by atoms with Crippen LogP contribution in [-0.4, -0.2) is 30.3 Å². The van der Waals surface area contributed by atoms with Crippen LogP contribution in [0.25, 0.3) is 0 Å². The first kappa shape index (κ1) is 15.7. The van der Waals surface area contributed by atoms with Crippen LogP contribution < -0.4 is 0 Å². The fourth-order valence-electron chi connectivity index (χ4n) is 3.20. The fourth-order valence-corrected chi connectivity index (χ4v) is 4.14. The van der Waals surface area contributed by atoms with Crippen LogP contribution in [0.3, 0.4) is 0 Å². The number of nitrogens with zero attached hydrogens (tertiary/aromatic N) is 1. The van der Waals surface area contributed by atoms with E-state index in [9.17, 15) is 4.79 Å². The van der Waals surface area contributed by atoms with Gasteiger partial charge in [0.1, 0.15) is 0 Å². The summed E-state index contributed by atoms with van der Waals surface area (Å²) in [5.74, 6) is 1.91. The van der Waals surface area contributed by atoms with Gasteiger partial charge in [-0.15, -0.1) is 11.3 Å². The first-order valence-electron chi connectivity index (χ1n) is 7.80. The number of hydrogen-bond donors (Lipinski definition) is 0. The van der Waals surface area contributed by atoms with Gasteiger partial charge in [0.15, 0.2) is 5.78 Å². The molecule has 2 nitrogen and oxygen atoms in total. The molecule has 0 aliphatic carbocycles. The second-order valence-corrected chi connectivity index (χ2v) is 7.92. The van der Waals surface area contributed by atoms with E-state index in [1.54, 1.807) is 11.3 Å². The number of thiophene rings is 1. The molecule has 0 N–H and O–H groups in total. The average Bonchev–Trinajstić information content (AvgIpc) is 2.60. The van der Waals surface area contributed by atoms with E-state index in [2.05, 4.69) is 38.7 Å². The van der Waals surface area contributed by atoms with Crippen LogP contribution in [0.2, 0.25) is 0 Å². The molecular weight excluding hydrogens is 266 g/mol. The van der Waals surface area contributed by atoms with Gasteiger partial charge >= 0.3 is 0 Å². The zero-order chi connectivity index (χ0) is 14.7. The van der Waals surface area contributed by atoms with Crippen LogP contribution in [0.15, 0.2) is 6.07 Å². The Morgan fingerprint density at radius 2 is 2.10 bits per heavy atom. The number of carbonyl (C=O) groups is 1. The molecule has 1 unspecified atom stereocenters. The van der Waals surface area contributed by atoms with E-state index in [1.807, 2.05) is 0 Å². The largest absolute Gasteiger partial charge is 0.296 e. The Labute approximate surface area is 127 Å². The van der Waals surface area contributed by atoms with E-state index in [0.717, 1.165) is 30.5 Å². The molecule has 1 aromatic heterocycles. The Kier molecular flexibility index (Phi) is 5.39. The Morgan fingerprint density at radius 3 is 2.70 bits per heavy atom. The van der Waals surface area contributed by atoms with Crippen LogP contribution >= 0.6 is 11.3 Å². The van der Waals surface area contributed by atoms with E-state index in [4.69, 9.17) is 0 Å². The third-order valence-corrected chi connectivity index (χ3v) is 5.48. The lowest BCUT2D eigenvalue weighted by Gasteiger charge is -2.20. The van der Waals surface area contributed by atoms with Crippen molar-refractivity contribution in [1.82, 2.24) is 4.90 Å². The molecule has 0 aromatic carbocycles. The minimum absolute atomic E-state index is 0.301. The van der Waals surface area contributed by atoms with Crippen molar-refractivity contribution in [2.45, 2.75) is 47.0 Å². The number of hydrogen-bond acceptors (Lipinski definition) is 3. The van der Waals surface area contributed by atoms with Gasteiger partial charge in [0.25, 0.3) is 0 Å². The van der Waals surface area contributed by atoms with Crippen molar-refractivity contribution in [1.29, 1.82) is 0 Å². The van der Waals surface area contributed by atoms with Gasteiger partial charge in [-0.05, 0) is 64.1 Å². The predicted molar refractivity (Wildman–Crippen MR) is 86.7 cm³/mol. The summed E-state index contributed by atoms with van der Waals surface area (Å²) in [6.07, 6.45) is 3.79. The van der Waals surface area contributed by atoms with Gasteiger partial charge in [0.2, 0.25) is 0 Å². The standard InChI is InChI=1S/C17H27NOS/c1-12(2)15-6-5-8-18(9-7-15)11-17(19)16-10-13(3)20-14(16)4/h10,12,15H,5-9,11H2,1-4H3. The summed E-state index contributed by atoms with van der Waals surface area (Å²) in [6.45, 7) is 11.5. The first-order valence-corrected chi connectivity index (χ1v) is 8.61. The van der Waals surface area contributed by atoms with Gasteiger partial charge in [-0.3, -0.25) is 9.69 Å². The van der Waals surface area contributed by atoms with Crippen LogP contribution in [0.1, 0.15) is 53.2 Å². The molecule has 2 rings (SSSR count). The van der Waals surface area contributed by atoms with Gasteiger partial charge in [-0.2, -0.15) is 0 Å². The Morgan fingerprint density at radius 1 is 1.35 bits per heavy atom. The number of ketones is 1. The van der Waals surface area contributed by atoms with Crippen molar-refractivity contribution in [2.75, 3.05) is 19.6 Å². The van der Waals surface area contributed by atoms with Crippen molar-refractivity contribution in [3.63, 3.8) is 0 Å². The van der Waals surface area contributed by atoms with Crippen molar-refractivity contribution in [3.8, 4) is 0 Å². The summed E-state index contributed by atoms with van der Waals surface area (Å²) in [4.78, 5) is 17.2. The second kappa shape index (κ2) is 6.86. The number of aryl methyl sites for hydroxylation is 2. The summed E-state index contributed by atoms with van der Waals surface area (Å²) < 4.78 is 0. The maximum atomic E-state index is 12.4. The summed E-state index contributed by atoms with van der Waals surface area (Å²) >= 11 is 1.73. The Balaban J connectivity index is 1.93. The highest BCUT2D eigenvalue weighted by Gasteiger charge is 2.22. The van der Waals surface area contributed by atoms with Crippen molar-refractivity contribution in [3.05, 3.63) is 21.4 Å². The highest BCUT2D eigenvalue weighted by atomic mass is 32.1. The molecule has 1 fully saturated rings. The lowest BCUT2D eigenvalue weighted by molar-refractivity contribution is 0.0931. The van der Waals surface area contributed by atoms with Crippen molar-refractivity contribution in [2.24, 2.45) is 11.8 Å². The Bertz CT molecular complexity index is 464. The third-order valence-electron chi connectivity index (χ3n) is 4.52. The predicted octanol–water partition coefficient (Wildman–Crippen LogP) is 4.31. The summed E-state index contributed by atoms with van der Waals surface area (Å²) in [6, 6.07) is 2.05. The number of Topliss-reactive ketones (excluding diaryl/α,β-unsaturated/α-hetero) is 1. The average molecular weight is 293 g/mol. The molecule has 20 heavy (non-hydrogen) atoms. The quantitative estimate of drug-likeness (QED) is 0.771. The maximum absolute atomic E-state index is 12.4.